The summed E-state index contributed by atoms with van der Waals surface area (Å²) in [6, 6.07) is 0. The summed E-state index contributed by atoms with van der Waals surface area (Å²) < 4.78 is 9.96. The van der Waals surface area contributed by atoms with Gasteiger partial charge in [0.25, 0.3) is 0 Å². The predicted octanol–water partition coefficient (Wildman–Crippen LogP) is -0.615. The van der Waals surface area contributed by atoms with Crippen molar-refractivity contribution in [2.75, 3.05) is 33.9 Å². The van der Waals surface area contributed by atoms with Gasteiger partial charge in [-0.3, -0.25) is 10.2 Å². The molecular formula is C8H16N2O3. The Kier molecular flexibility index (Phi) is 4.14. The molecule has 76 valence electrons. The average molecular weight is 188 g/mol. The van der Waals surface area contributed by atoms with Gasteiger partial charge in [0.1, 0.15) is 0 Å². The highest BCUT2D eigenvalue weighted by molar-refractivity contribution is 5.69. The van der Waals surface area contributed by atoms with Crippen molar-refractivity contribution in [3.63, 3.8) is 0 Å². The van der Waals surface area contributed by atoms with Gasteiger partial charge in [-0.25, -0.2) is 5.01 Å². The minimum atomic E-state index is -0.219. The first-order valence-electron chi connectivity index (χ1n) is 4.37. The maximum absolute atomic E-state index is 10.9. The van der Waals surface area contributed by atoms with Gasteiger partial charge in [-0.05, 0) is 7.05 Å². The van der Waals surface area contributed by atoms with Crippen molar-refractivity contribution in [2.24, 2.45) is 0 Å². The van der Waals surface area contributed by atoms with Crippen LogP contribution in [0.2, 0.25) is 0 Å². The van der Waals surface area contributed by atoms with Crippen molar-refractivity contribution in [3.05, 3.63) is 0 Å². The zero-order chi connectivity index (χ0) is 9.68. The smallest absolute Gasteiger partial charge is 0.308 e. The Bertz CT molecular complexity index is 175. The van der Waals surface area contributed by atoms with Gasteiger partial charge in [-0.1, -0.05) is 0 Å². The normalized spacial score (nSPS) is 24.3. The Balaban J connectivity index is 2.29. The predicted molar refractivity (Wildman–Crippen MR) is 47.0 cm³/mol. The summed E-state index contributed by atoms with van der Waals surface area (Å²) in [5, 5.41) is 2.02. The van der Waals surface area contributed by atoms with E-state index in [-0.39, 0.29) is 12.1 Å². The van der Waals surface area contributed by atoms with Crippen LogP contribution in [-0.4, -0.2) is 50.9 Å². The molecule has 0 bridgehead atoms. The van der Waals surface area contributed by atoms with Crippen molar-refractivity contribution in [3.8, 4) is 0 Å². The van der Waals surface area contributed by atoms with Crippen molar-refractivity contribution >= 4 is 5.97 Å². The second-order valence-corrected chi connectivity index (χ2v) is 2.94. The maximum atomic E-state index is 10.9. The van der Waals surface area contributed by atoms with Crippen molar-refractivity contribution in [2.45, 2.75) is 12.5 Å². The van der Waals surface area contributed by atoms with Crippen molar-refractivity contribution in [1.82, 2.24) is 10.4 Å². The number of hydrogen-bond donors (Lipinski definition) is 1. The van der Waals surface area contributed by atoms with Crippen molar-refractivity contribution in [1.29, 1.82) is 0 Å². The molecule has 13 heavy (non-hydrogen) atoms. The molecule has 0 aromatic heterocycles. The molecule has 0 radical (unpaired) electrons. The van der Waals surface area contributed by atoms with Crippen LogP contribution in [0.1, 0.15) is 6.42 Å². The number of carbonyl (C=O) groups excluding carboxylic acids is 1. The third-order valence-corrected chi connectivity index (χ3v) is 2.08. The van der Waals surface area contributed by atoms with Gasteiger partial charge in [0.05, 0.1) is 26.2 Å². The zero-order valence-electron chi connectivity index (χ0n) is 8.08. The number of esters is 1. The van der Waals surface area contributed by atoms with Gasteiger partial charge >= 0.3 is 5.97 Å². The number of carbonyl (C=O) groups is 1. The van der Waals surface area contributed by atoms with Crippen LogP contribution in [0, 0.1) is 0 Å². The number of morpholine rings is 1. The molecule has 1 aliphatic rings. The third kappa shape index (κ3) is 3.30. The van der Waals surface area contributed by atoms with E-state index in [1.807, 2.05) is 12.1 Å². The molecule has 0 aromatic rings. The topological polar surface area (TPSA) is 50.8 Å². The number of hydrogen-bond acceptors (Lipinski definition) is 5. The summed E-state index contributed by atoms with van der Waals surface area (Å²) in [6.45, 7) is 2.24. The fourth-order valence-corrected chi connectivity index (χ4v) is 1.32. The Morgan fingerprint density at radius 3 is 3.15 bits per heavy atom. The molecule has 1 atom stereocenters. The maximum Gasteiger partial charge on any atom is 0.308 e. The number of nitrogens with zero attached hydrogens (tertiary/aromatic N) is 1. The molecule has 1 unspecified atom stereocenters. The Labute approximate surface area is 78.0 Å². The lowest BCUT2D eigenvalue weighted by atomic mass is 10.2. The number of methoxy groups -OCH3 is 1. The molecule has 0 saturated carbocycles. The molecule has 1 heterocycles. The minimum Gasteiger partial charge on any atom is -0.469 e. The summed E-state index contributed by atoms with van der Waals surface area (Å²) in [5.41, 5.74) is 3.03. The first-order valence-corrected chi connectivity index (χ1v) is 4.37. The molecule has 1 N–H and O–H groups in total. The van der Waals surface area contributed by atoms with Gasteiger partial charge in [-0.15, -0.1) is 0 Å². The molecule has 5 heteroatoms. The number of nitrogens with one attached hydrogen (secondary N) is 1. The average Bonchev–Trinajstić information content (AvgIpc) is 2.18. The van der Waals surface area contributed by atoms with Gasteiger partial charge in [0.2, 0.25) is 0 Å². The standard InChI is InChI=1S/C8H16N2O3/c1-9-10-3-4-13-7(6-10)5-8(11)12-2/h7,9H,3-6H2,1-2H3. The van der Waals surface area contributed by atoms with Crippen LogP contribution in [0.3, 0.4) is 0 Å². The second-order valence-electron chi connectivity index (χ2n) is 2.94. The van der Waals surface area contributed by atoms with Crippen LogP contribution in [-0.2, 0) is 14.3 Å². The lowest BCUT2D eigenvalue weighted by molar-refractivity contribution is -0.146. The van der Waals surface area contributed by atoms with E-state index in [0.29, 0.717) is 13.0 Å². The van der Waals surface area contributed by atoms with E-state index in [1.54, 1.807) is 0 Å². The van der Waals surface area contributed by atoms with Gasteiger partial charge in [0, 0.05) is 13.1 Å². The molecule has 0 aromatic carbocycles. The van der Waals surface area contributed by atoms with Gasteiger partial charge < -0.3 is 9.47 Å². The van der Waals surface area contributed by atoms with Crippen LogP contribution in [0.4, 0.5) is 0 Å². The van der Waals surface area contributed by atoms with Gasteiger partial charge in [0.15, 0.2) is 0 Å². The van der Waals surface area contributed by atoms with E-state index in [0.717, 1.165) is 13.1 Å². The zero-order valence-corrected chi connectivity index (χ0v) is 8.08. The van der Waals surface area contributed by atoms with Crippen LogP contribution in [0.15, 0.2) is 0 Å². The van der Waals surface area contributed by atoms with E-state index in [4.69, 9.17) is 4.74 Å². The summed E-state index contributed by atoms with van der Waals surface area (Å²) in [6.07, 6.45) is 0.281. The highest BCUT2D eigenvalue weighted by Gasteiger charge is 2.22. The lowest BCUT2D eigenvalue weighted by Gasteiger charge is -2.31. The van der Waals surface area contributed by atoms with Gasteiger partial charge in [-0.2, -0.15) is 0 Å². The first kappa shape index (κ1) is 10.4. The number of ether oxygens (including phenoxy) is 2. The molecule has 1 rings (SSSR count). The van der Waals surface area contributed by atoms with E-state index in [1.165, 1.54) is 7.11 Å². The van der Waals surface area contributed by atoms with E-state index in [9.17, 15) is 4.79 Å². The molecule has 5 nitrogen and oxygen atoms in total. The summed E-state index contributed by atoms with van der Waals surface area (Å²) >= 11 is 0. The first-order chi connectivity index (χ1) is 6.26. The van der Waals surface area contributed by atoms with Crippen LogP contribution in [0.5, 0.6) is 0 Å². The minimum absolute atomic E-state index is 0.0475. The second kappa shape index (κ2) is 5.16. The van der Waals surface area contributed by atoms with E-state index < -0.39 is 0 Å². The highest BCUT2D eigenvalue weighted by Crippen LogP contribution is 2.06. The Morgan fingerprint density at radius 2 is 2.54 bits per heavy atom. The quantitative estimate of drug-likeness (QED) is 0.598. The third-order valence-electron chi connectivity index (χ3n) is 2.08. The van der Waals surface area contributed by atoms with Crippen molar-refractivity contribution < 1.29 is 14.3 Å². The number of hydrazine groups is 1. The lowest BCUT2D eigenvalue weighted by Crippen LogP contribution is -2.48. The molecule has 0 amide bonds. The fraction of sp³-hybridized carbons (Fsp3) is 0.875. The molecular weight excluding hydrogens is 172 g/mol. The summed E-state index contributed by atoms with van der Waals surface area (Å²) in [7, 11) is 3.25. The fourth-order valence-electron chi connectivity index (χ4n) is 1.32. The molecule has 1 saturated heterocycles. The highest BCUT2D eigenvalue weighted by atomic mass is 16.5. The number of rotatable bonds is 3. The van der Waals surface area contributed by atoms with Crippen LogP contribution in [0.25, 0.3) is 0 Å². The SMILES string of the molecule is CNN1CCOC(CC(=O)OC)C1. The largest absolute Gasteiger partial charge is 0.469 e. The summed E-state index contributed by atoms with van der Waals surface area (Å²) in [5.74, 6) is -0.219. The summed E-state index contributed by atoms with van der Waals surface area (Å²) in [4.78, 5) is 10.9. The van der Waals surface area contributed by atoms with E-state index >= 15 is 0 Å². The van der Waals surface area contributed by atoms with Crippen LogP contribution >= 0.6 is 0 Å². The Hall–Kier alpha value is -0.650. The Morgan fingerprint density at radius 1 is 1.77 bits per heavy atom. The molecule has 0 spiro atoms. The molecule has 1 aliphatic heterocycles. The molecule has 1 fully saturated rings. The van der Waals surface area contributed by atoms with E-state index in [2.05, 4.69) is 10.2 Å². The monoisotopic (exact) mass is 188 g/mol. The van der Waals surface area contributed by atoms with Crippen LogP contribution < -0.4 is 5.43 Å². The molecule has 0 aliphatic carbocycles.